The number of aromatic nitrogens is 2. The molecule has 8 heteroatoms. The van der Waals surface area contributed by atoms with E-state index >= 15 is 0 Å². The van der Waals surface area contributed by atoms with Crippen LogP contribution in [0, 0.1) is 17.1 Å². The molecular formula is C13H13FN4O2S. The molecule has 0 unspecified atom stereocenters. The summed E-state index contributed by atoms with van der Waals surface area (Å²) in [6.45, 7) is 1.84. The van der Waals surface area contributed by atoms with Crippen LogP contribution in [0.2, 0.25) is 0 Å². The fourth-order valence-electron chi connectivity index (χ4n) is 1.92. The molecule has 0 aliphatic heterocycles. The van der Waals surface area contributed by atoms with Crippen molar-refractivity contribution in [3.8, 4) is 6.07 Å². The minimum atomic E-state index is -4.06. The quantitative estimate of drug-likeness (QED) is 0.932. The van der Waals surface area contributed by atoms with Crippen LogP contribution in [0.4, 0.5) is 10.1 Å². The molecule has 2 aromatic rings. The molecule has 0 spiro atoms. The van der Waals surface area contributed by atoms with Crippen molar-refractivity contribution >= 4 is 15.7 Å². The van der Waals surface area contributed by atoms with Gasteiger partial charge in [0.25, 0.3) is 10.0 Å². The molecule has 6 nitrogen and oxygen atoms in total. The maximum atomic E-state index is 13.5. The van der Waals surface area contributed by atoms with Crippen LogP contribution < -0.4 is 4.72 Å². The summed E-state index contributed by atoms with van der Waals surface area (Å²) >= 11 is 0. The molecule has 0 saturated heterocycles. The monoisotopic (exact) mass is 308 g/mol. The van der Waals surface area contributed by atoms with Crippen LogP contribution in [0.25, 0.3) is 0 Å². The maximum Gasteiger partial charge on any atom is 0.263 e. The van der Waals surface area contributed by atoms with Gasteiger partial charge in [0, 0.05) is 13.2 Å². The van der Waals surface area contributed by atoms with Crippen LogP contribution in [0.3, 0.4) is 0 Å². The molecule has 1 aromatic heterocycles. The zero-order valence-corrected chi connectivity index (χ0v) is 12.3. The molecule has 2 rings (SSSR count). The van der Waals surface area contributed by atoms with Crippen molar-refractivity contribution in [3.63, 3.8) is 0 Å². The summed E-state index contributed by atoms with van der Waals surface area (Å²) in [7, 11) is -2.40. The van der Waals surface area contributed by atoms with Crippen molar-refractivity contribution in [3.05, 3.63) is 41.5 Å². The van der Waals surface area contributed by atoms with Crippen molar-refractivity contribution in [1.82, 2.24) is 9.78 Å². The average Bonchev–Trinajstić information content (AvgIpc) is 2.77. The van der Waals surface area contributed by atoms with Crippen LogP contribution >= 0.6 is 0 Å². The van der Waals surface area contributed by atoms with Gasteiger partial charge in [-0.15, -0.1) is 0 Å². The van der Waals surface area contributed by atoms with Gasteiger partial charge < -0.3 is 0 Å². The minimum Gasteiger partial charge on any atom is -0.276 e. The third-order valence-corrected chi connectivity index (χ3v) is 4.27. The summed E-state index contributed by atoms with van der Waals surface area (Å²) in [5.41, 5.74) is 0.371. The second-order valence-electron chi connectivity index (χ2n) is 4.35. The predicted octanol–water partition coefficient (Wildman–Crippen LogP) is 1.79. The number of sulfonamides is 1. The highest BCUT2D eigenvalue weighted by Crippen LogP contribution is 2.23. The number of hydrogen-bond acceptors (Lipinski definition) is 4. The van der Waals surface area contributed by atoms with E-state index in [4.69, 9.17) is 5.26 Å². The van der Waals surface area contributed by atoms with E-state index < -0.39 is 26.3 Å². The largest absolute Gasteiger partial charge is 0.276 e. The van der Waals surface area contributed by atoms with Crippen molar-refractivity contribution in [1.29, 1.82) is 5.26 Å². The van der Waals surface area contributed by atoms with Crippen LogP contribution in [-0.4, -0.2) is 18.2 Å². The van der Waals surface area contributed by atoms with Crippen molar-refractivity contribution in [2.24, 2.45) is 7.05 Å². The molecule has 1 aromatic carbocycles. The van der Waals surface area contributed by atoms with E-state index in [1.807, 2.05) is 6.92 Å². The van der Waals surface area contributed by atoms with E-state index in [2.05, 4.69) is 9.82 Å². The Balaban J connectivity index is 2.49. The predicted molar refractivity (Wildman–Crippen MR) is 74.5 cm³/mol. The molecule has 21 heavy (non-hydrogen) atoms. The molecule has 0 amide bonds. The number of nitrogens with zero attached hydrogens (tertiary/aromatic N) is 3. The molecule has 1 heterocycles. The Labute approximate surface area is 121 Å². The first kappa shape index (κ1) is 15.0. The Morgan fingerprint density at radius 2 is 2.19 bits per heavy atom. The highest BCUT2D eigenvalue weighted by Gasteiger charge is 2.23. The lowest BCUT2D eigenvalue weighted by atomic mass is 10.2. The number of nitrogens with one attached hydrogen (secondary N) is 1. The van der Waals surface area contributed by atoms with Crippen molar-refractivity contribution in [2.45, 2.75) is 18.2 Å². The zero-order chi connectivity index (χ0) is 15.6. The Morgan fingerprint density at radius 3 is 2.81 bits per heavy atom. The smallest absolute Gasteiger partial charge is 0.263 e. The Morgan fingerprint density at radius 1 is 1.48 bits per heavy atom. The lowest BCUT2D eigenvalue weighted by Gasteiger charge is -2.09. The van der Waals surface area contributed by atoms with Crippen LogP contribution in [0.1, 0.15) is 18.2 Å². The van der Waals surface area contributed by atoms with Crippen LogP contribution in [0.5, 0.6) is 0 Å². The van der Waals surface area contributed by atoms with Gasteiger partial charge in [-0.25, -0.2) is 12.8 Å². The van der Waals surface area contributed by atoms with Gasteiger partial charge in [-0.1, -0.05) is 13.0 Å². The Hall–Kier alpha value is -2.40. The first-order chi connectivity index (χ1) is 9.89. The third-order valence-electron chi connectivity index (χ3n) is 2.86. The molecule has 110 valence electrons. The molecule has 0 fully saturated rings. The van der Waals surface area contributed by atoms with E-state index in [1.54, 1.807) is 13.1 Å². The molecule has 0 aliphatic carbocycles. The number of hydrogen-bond donors (Lipinski definition) is 1. The molecule has 0 bridgehead atoms. The first-order valence-corrected chi connectivity index (χ1v) is 7.61. The normalized spacial score (nSPS) is 11.1. The first-order valence-electron chi connectivity index (χ1n) is 6.13. The number of halogens is 1. The van der Waals surface area contributed by atoms with Gasteiger partial charge in [-0.2, -0.15) is 10.4 Å². The van der Waals surface area contributed by atoms with Gasteiger partial charge in [-0.3, -0.25) is 9.40 Å². The van der Waals surface area contributed by atoms with E-state index in [0.717, 1.165) is 6.07 Å². The highest BCUT2D eigenvalue weighted by molar-refractivity contribution is 7.92. The van der Waals surface area contributed by atoms with Gasteiger partial charge in [0.2, 0.25) is 0 Å². The van der Waals surface area contributed by atoms with Crippen molar-refractivity contribution in [2.75, 3.05) is 4.72 Å². The number of nitriles is 1. The minimum absolute atomic E-state index is 0.313. The molecule has 0 radical (unpaired) electrons. The van der Waals surface area contributed by atoms with Gasteiger partial charge >= 0.3 is 0 Å². The summed E-state index contributed by atoms with van der Waals surface area (Å²) in [5, 5.41) is 13.1. The van der Waals surface area contributed by atoms with Crippen LogP contribution in [-0.2, 0) is 23.5 Å². The number of rotatable bonds is 4. The van der Waals surface area contributed by atoms with E-state index in [0.29, 0.717) is 17.8 Å². The second-order valence-corrected chi connectivity index (χ2v) is 6.00. The van der Waals surface area contributed by atoms with E-state index in [-0.39, 0.29) is 0 Å². The number of benzene rings is 1. The topological polar surface area (TPSA) is 87.8 Å². The zero-order valence-electron chi connectivity index (χ0n) is 11.5. The Bertz CT molecular complexity index is 821. The Kier molecular flexibility index (Phi) is 3.95. The summed E-state index contributed by atoms with van der Waals surface area (Å²) in [4.78, 5) is -0.393. The summed E-state index contributed by atoms with van der Waals surface area (Å²) in [6, 6.07) is 5.05. The highest BCUT2D eigenvalue weighted by atomic mass is 32.2. The SMILES string of the molecule is CCc1nn(C)cc1NS(=O)(=O)c1cccc(F)c1C#N. The lowest BCUT2D eigenvalue weighted by molar-refractivity contribution is 0.593. The molecular weight excluding hydrogens is 295 g/mol. The average molecular weight is 308 g/mol. The molecule has 0 atom stereocenters. The molecule has 0 saturated carbocycles. The standard InChI is InChI=1S/C13H13FN4O2S/c1-3-11-12(8-18(2)16-11)17-21(19,20)13-6-4-5-10(14)9(13)7-15/h4-6,8,17H,3H2,1-2H3. The van der Waals surface area contributed by atoms with E-state index in [1.165, 1.54) is 23.0 Å². The molecule has 1 N–H and O–H groups in total. The second kappa shape index (κ2) is 5.54. The van der Waals surface area contributed by atoms with E-state index in [9.17, 15) is 12.8 Å². The molecule has 0 aliphatic rings. The summed E-state index contributed by atoms with van der Waals surface area (Å²) in [5.74, 6) is -0.873. The maximum absolute atomic E-state index is 13.5. The number of aryl methyl sites for hydroxylation is 2. The van der Waals surface area contributed by atoms with Crippen LogP contribution in [0.15, 0.2) is 29.3 Å². The summed E-state index contributed by atoms with van der Waals surface area (Å²) < 4.78 is 42.1. The van der Waals surface area contributed by atoms with Gasteiger partial charge in [-0.05, 0) is 18.6 Å². The third kappa shape index (κ3) is 2.87. The lowest BCUT2D eigenvalue weighted by Crippen LogP contribution is -2.15. The van der Waals surface area contributed by atoms with Gasteiger partial charge in [0.05, 0.1) is 11.4 Å². The van der Waals surface area contributed by atoms with Gasteiger partial charge in [0.15, 0.2) is 0 Å². The fraction of sp³-hybridized carbons (Fsp3) is 0.231. The summed E-state index contributed by atoms with van der Waals surface area (Å²) in [6.07, 6.45) is 2.05. The van der Waals surface area contributed by atoms with Crippen molar-refractivity contribution < 1.29 is 12.8 Å². The fourth-order valence-corrected chi connectivity index (χ4v) is 3.16. The number of anilines is 1. The van der Waals surface area contributed by atoms with Gasteiger partial charge in [0.1, 0.15) is 22.3 Å².